The number of phenolic OH excluding ortho intramolecular Hbond substituents is 3. The monoisotopic (exact) mass is 291 g/mol. The van der Waals surface area contributed by atoms with Gasteiger partial charge in [-0.1, -0.05) is 18.2 Å². The van der Waals surface area contributed by atoms with Gasteiger partial charge in [-0.3, -0.25) is 0 Å². The molecular formula is C16H18FNO3. The fraction of sp³-hybridized carbons (Fsp3) is 0.250. The van der Waals surface area contributed by atoms with Gasteiger partial charge >= 0.3 is 0 Å². The van der Waals surface area contributed by atoms with Crippen LogP contribution in [0.2, 0.25) is 0 Å². The number of hydrogen-bond donors (Lipinski definition) is 4. The van der Waals surface area contributed by atoms with Crippen molar-refractivity contribution in [2.24, 2.45) is 0 Å². The van der Waals surface area contributed by atoms with Crippen LogP contribution in [0.5, 0.6) is 17.2 Å². The Kier molecular flexibility index (Phi) is 4.65. The van der Waals surface area contributed by atoms with Crippen LogP contribution in [-0.2, 0) is 13.0 Å². The first-order valence-electron chi connectivity index (χ1n) is 6.68. The lowest BCUT2D eigenvalue weighted by atomic mass is 10.1. The third kappa shape index (κ3) is 3.86. The standard InChI is InChI=1S/C16H18FNO3/c1-10(8-11-2-5-13(17)6-3-11)18-9-12-4-7-14(19)16(21)15(12)20/h2-7,10,18-21H,8-9H2,1H3. The second-order valence-corrected chi connectivity index (χ2v) is 5.05. The third-order valence-electron chi connectivity index (χ3n) is 3.31. The highest BCUT2D eigenvalue weighted by molar-refractivity contribution is 5.53. The van der Waals surface area contributed by atoms with Crippen LogP contribution < -0.4 is 5.32 Å². The zero-order valence-electron chi connectivity index (χ0n) is 11.7. The number of aromatic hydroxyl groups is 3. The summed E-state index contributed by atoms with van der Waals surface area (Å²) in [6.07, 6.45) is 0.713. The van der Waals surface area contributed by atoms with E-state index in [1.165, 1.54) is 18.2 Å². The van der Waals surface area contributed by atoms with Crippen LogP contribution >= 0.6 is 0 Å². The van der Waals surface area contributed by atoms with E-state index in [1.54, 1.807) is 18.2 Å². The summed E-state index contributed by atoms with van der Waals surface area (Å²) in [7, 11) is 0. The van der Waals surface area contributed by atoms with Crippen molar-refractivity contribution in [2.45, 2.75) is 25.9 Å². The summed E-state index contributed by atoms with van der Waals surface area (Å²) in [4.78, 5) is 0. The van der Waals surface area contributed by atoms with Crippen molar-refractivity contribution in [3.8, 4) is 17.2 Å². The predicted octanol–water partition coefficient (Wildman–Crippen LogP) is 2.66. The summed E-state index contributed by atoms with van der Waals surface area (Å²) in [6.45, 7) is 2.32. The molecule has 4 nitrogen and oxygen atoms in total. The highest BCUT2D eigenvalue weighted by Crippen LogP contribution is 2.36. The maximum atomic E-state index is 12.8. The molecule has 112 valence electrons. The number of hydrogen-bond acceptors (Lipinski definition) is 4. The summed E-state index contributed by atoms with van der Waals surface area (Å²) in [5, 5.41) is 31.6. The number of benzene rings is 2. The van der Waals surface area contributed by atoms with Gasteiger partial charge in [0, 0.05) is 18.2 Å². The molecule has 0 saturated carbocycles. The van der Waals surface area contributed by atoms with Gasteiger partial charge in [0.2, 0.25) is 5.75 Å². The lowest BCUT2D eigenvalue weighted by molar-refractivity contribution is 0.363. The zero-order chi connectivity index (χ0) is 15.4. The van der Waals surface area contributed by atoms with Gasteiger partial charge in [0.25, 0.3) is 0 Å². The van der Waals surface area contributed by atoms with Crippen LogP contribution in [0, 0.1) is 5.82 Å². The summed E-state index contributed by atoms with van der Waals surface area (Å²) in [5.41, 5.74) is 1.51. The molecule has 0 aliphatic carbocycles. The predicted molar refractivity (Wildman–Crippen MR) is 77.8 cm³/mol. The molecule has 2 aromatic carbocycles. The first-order valence-corrected chi connectivity index (χ1v) is 6.68. The first-order chi connectivity index (χ1) is 9.97. The van der Waals surface area contributed by atoms with Crippen LogP contribution in [0.3, 0.4) is 0 Å². The number of nitrogens with one attached hydrogen (secondary N) is 1. The van der Waals surface area contributed by atoms with Gasteiger partial charge in [-0.15, -0.1) is 0 Å². The zero-order valence-corrected chi connectivity index (χ0v) is 11.7. The van der Waals surface area contributed by atoms with E-state index < -0.39 is 5.75 Å². The Labute approximate surface area is 122 Å². The van der Waals surface area contributed by atoms with Gasteiger partial charge in [0.15, 0.2) is 11.5 Å². The molecule has 2 aromatic rings. The lowest BCUT2D eigenvalue weighted by Gasteiger charge is -2.15. The fourth-order valence-corrected chi connectivity index (χ4v) is 2.08. The molecule has 0 bridgehead atoms. The van der Waals surface area contributed by atoms with E-state index in [1.807, 2.05) is 6.92 Å². The average molecular weight is 291 g/mol. The average Bonchev–Trinajstić information content (AvgIpc) is 2.46. The van der Waals surface area contributed by atoms with Crippen molar-refractivity contribution < 1.29 is 19.7 Å². The van der Waals surface area contributed by atoms with Gasteiger partial charge < -0.3 is 20.6 Å². The molecule has 4 N–H and O–H groups in total. The molecule has 0 saturated heterocycles. The van der Waals surface area contributed by atoms with Crippen LogP contribution in [0.15, 0.2) is 36.4 Å². The van der Waals surface area contributed by atoms with E-state index in [4.69, 9.17) is 0 Å². The number of halogens is 1. The molecule has 1 atom stereocenters. The maximum Gasteiger partial charge on any atom is 0.200 e. The van der Waals surface area contributed by atoms with E-state index in [9.17, 15) is 19.7 Å². The van der Waals surface area contributed by atoms with Crippen molar-refractivity contribution in [3.63, 3.8) is 0 Å². The Morgan fingerprint density at radius 2 is 1.67 bits per heavy atom. The molecule has 5 heteroatoms. The first kappa shape index (κ1) is 15.1. The SMILES string of the molecule is CC(Cc1ccc(F)cc1)NCc1ccc(O)c(O)c1O. The van der Waals surface area contributed by atoms with Crippen LogP contribution in [0.1, 0.15) is 18.1 Å². The molecule has 21 heavy (non-hydrogen) atoms. The van der Waals surface area contributed by atoms with Gasteiger partial charge in [-0.05, 0) is 37.1 Å². The molecule has 0 radical (unpaired) electrons. The molecule has 2 rings (SSSR count). The smallest absolute Gasteiger partial charge is 0.200 e. The normalized spacial score (nSPS) is 12.3. The summed E-state index contributed by atoms with van der Waals surface area (Å²) >= 11 is 0. The van der Waals surface area contributed by atoms with E-state index >= 15 is 0 Å². The minimum absolute atomic E-state index is 0.103. The highest BCUT2D eigenvalue weighted by Gasteiger charge is 2.12. The topological polar surface area (TPSA) is 72.7 Å². The fourth-order valence-electron chi connectivity index (χ4n) is 2.08. The molecule has 0 spiro atoms. The molecular weight excluding hydrogens is 273 g/mol. The minimum Gasteiger partial charge on any atom is -0.504 e. The van der Waals surface area contributed by atoms with Gasteiger partial charge in [-0.2, -0.15) is 0 Å². The van der Waals surface area contributed by atoms with E-state index in [2.05, 4.69) is 5.32 Å². The maximum absolute atomic E-state index is 12.8. The number of phenols is 3. The Balaban J connectivity index is 1.93. The second-order valence-electron chi connectivity index (χ2n) is 5.05. The summed E-state index contributed by atoms with van der Waals surface area (Å²) in [5.74, 6) is -1.45. The Morgan fingerprint density at radius 1 is 1.00 bits per heavy atom. The second kappa shape index (κ2) is 6.45. The summed E-state index contributed by atoms with van der Waals surface area (Å²) < 4.78 is 12.8. The highest BCUT2D eigenvalue weighted by atomic mass is 19.1. The molecule has 0 heterocycles. The van der Waals surface area contributed by atoms with Gasteiger partial charge in [0.1, 0.15) is 5.82 Å². The van der Waals surface area contributed by atoms with Crippen molar-refractivity contribution >= 4 is 0 Å². The Bertz CT molecular complexity index is 614. The van der Waals surface area contributed by atoms with Gasteiger partial charge in [-0.25, -0.2) is 4.39 Å². The Morgan fingerprint density at radius 3 is 2.33 bits per heavy atom. The molecule has 0 aliphatic rings. The van der Waals surface area contributed by atoms with E-state index in [-0.39, 0.29) is 23.4 Å². The quantitative estimate of drug-likeness (QED) is 0.639. The van der Waals surface area contributed by atoms with Gasteiger partial charge in [0.05, 0.1) is 0 Å². The molecule has 1 unspecified atom stereocenters. The third-order valence-corrected chi connectivity index (χ3v) is 3.31. The Hall–Kier alpha value is -2.27. The lowest BCUT2D eigenvalue weighted by Crippen LogP contribution is -2.27. The van der Waals surface area contributed by atoms with Crippen LogP contribution in [0.25, 0.3) is 0 Å². The molecule has 0 amide bonds. The van der Waals surface area contributed by atoms with Crippen LogP contribution in [0.4, 0.5) is 4.39 Å². The van der Waals surface area contributed by atoms with Crippen molar-refractivity contribution in [1.29, 1.82) is 0 Å². The van der Waals surface area contributed by atoms with Crippen molar-refractivity contribution in [2.75, 3.05) is 0 Å². The largest absolute Gasteiger partial charge is 0.504 e. The van der Waals surface area contributed by atoms with Crippen molar-refractivity contribution in [1.82, 2.24) is 5.32 Å². The number of rotatable bonds is 5. The van der Waals surface area contributed by atoms with E-state index in [0.29, 0.717) is 18.5 Å². The molecule has 0 fully saturated rings. The van der Waals surface area contributed by atoms with Crippen molar-refractivity contribution in [3.05, 3.63) is 53.3 Å². The molecule has 0 aliphatic heterocycles. The minimum atomic E-state index is -0.513. The van der Waals surface area contributed by atoms with E-state index in [0.717, 1.165) is 5.56 Å². The molecule has 0 aromatic heterocycles. The van der Waals surface area contributed by atoms with Crippen LogP contribution in [-0.4, -0.2) is 21.4 Å². The summed E-state index contributed by atoms with van der Waals surface area (Å²) in [6, 6.07) is 9.29.